The third-order valence-electron chi connectivity index (χ3n) is 1.69. The Morgan fingerprint density at radius 3 is 3.00 bits per heavy atom. The summed E-state index contributed by atoms with van der Waals surface area (Å²) >= 11 is 0. The van der Waals surface area contributed by atoms with Gasteiger partial charge < -0.3 is 15.2 Å². The predicted octanol–water partition coefficient (Wildman–Crippen LogP) is -0.408. The highest BCUT2D eigenvalue weighted by Crippen LogP contribution is 2.08. The molecule has 1 amide bonds. The Labute approximate surface area is 92.5 Å². The molecule has 0 fully saturated rings. The van der Waals surface area contributed by atoms with Crippen LogP contribution in [0.2, 0.25) is 0 Å². The van der Waals surface area contributed by atoms with Gasteiger partial charge in [-0.15, -0.1) is 0 Å². The second kappa shape index (κ2) is 6.37. The third-order valence-corrected chi connectivity index (χ3v) is 1.69. The van der Waals surface area contributed by atoms with E-state index in [2.05, 4.69) is 10.3 Å². The van der Waals surface area contributed by atoms with Gasteiger partial charge in [0.05, 0.1) is 24.6 Å². The third kappa shape index (κ3) is 3.94. The van der Waals surface area contributed by atoms with E-state index >= 15 is 0 Å². The van der Waals surface area contributed by atoms with Crippen molar-refractivity contribution in [3.05, 3.63) is 24.0 Å². The quantitative estimate of drug-likeness (QED) is 0.659. The van der Waals surface area contributed by atoms with Crippen LogP contribution in [0.3, 0.4) is 0 Å². The molecule has 2 N–H and O–H groups in total. The number of carbonyl (C=O) groups excluding carboxylic acids is 1. The van der Waals surface area contributed by atoms with Gasteiger partial charge in [-0.25, -0.2) is 0 Å². The second-order valence-corrected chi connectivity index (χ2v) is 2.87. The lowest BCUT2D eigenvalue weighted by molar-refractivity contribution is -0.122. The summed E-state index contributed by atoms with van der Waals surface area (Å²) in [6.07, 6.45) is 1.42. The maximum atomic E-state index is 11.1. The van der Waals surface area contributed by atoms with Crippen molar-refractivity contribution < 1.29 is 14.6 Å². The number of aliphatic hydroxyl groups excluding tert-OH is 1. The van der Waals surface area contributed by atoms with Crippen LogP contribution < -0.4 is 10.1 Å². The van der Waals surface area contributed by atoms with Gasteiger partial charge in [-0.05, 0) is 12.1 Å². The van der Waals surface area contributed by atoms with Crippen LogP contribution in [0.15, 0.2) is 18.3 Å². The first-order valence-corrected chi connectivity index (χ1v) is 4.58. The van der Waals surface area contributed by atoms with Crippen molar-refractivity contribution in [1.29, 1.82) is 5.26 Å². The summed E-state index contributed by atoms with van der Waals surface area (Å²) in [5, 5.41) is 19.3. The van der Waals surface area contributed by atoms with Crippen molar-refractivity contribution in [2.75, 3.05) is 13.2 Å². The summed E-state index contributed by atoms with van der Waals surface area (Å²) in [5.74, 6) is 0.0668. The van der Waals surface area contributed by atoms with Gasteiger partial charge in [0.15, 0.2) is 6.61 Å². The van der Waals surface area contributed by atoms with Crippen LogP contribution in [-0.4, -0.2) is 29.1 Å². The van der Waals surface area contributed by atoms with Crippen LogP contribution in [0.4, 0.5) is 0 Å². The van der Waals surface area contributed by atoms with Crippen molar-refractivity contribution in [3.63, 3.8) is 0 Å². The van der Waals surface area contributed by atoms with Crippen molar-refractivity contribution in [2.24, 2.45) is 0 Å². The second-order valence-electron chi connectivity index (χ2n) is 2.87. The van der Waals surface area contributed by atoms with Crippen LogP contribution in [0.5, 0.6) is 5.75 Å². The number of carbonyl (C=O) groups is 1. The number of hydrogen-bond donors (Lipinski definition) is 2. The van der Waals surface area contributed by atoms with E-state index in [1.807, 2.05) is 0 Å². The van der Waals surface area contributed by atoms with E-state index in [4.69, 9.17) is 15.1 Å². The van der Waals surface area contributed by atoms with E-state index in [9.17, 15) is 4.79 Å². The van der Waals surface area contributed by atoms with E-state index in [-0.39, 0.29) is 25.7 Å². The zero-order valence-corrected chi connectivity index (χ0v) is 8.51. The normalized spacial score (nSPS) is 9.25. The van der Waals surface area contributed by atoms with Crippen LogP contribution in [0, 0.1) is 11.3 Å². The Balaban J connectivity index is 2.37. The molecule has 1 aromatic heterocycles. The zero-order valence-electron chi connectivity index (χ0n) is 8.51. The molecule has 0 aliphatic carbocycles. The molecule has 0 unspecified atom stereocenters. The Morgan fingerprint density at radius 1 is 1.62 bits per heavy atom. The standard InChI is InChI=1S/C10H11N3O3/c11-3-4-12-10(15)7-16-9-2-1-8(6-14)13-5-9/h1-2,5,14H,4,6-7H2,(H,12,15). The molecular formula is C10H11N3O3. The summed E-state index contributed by atoms with van der Waals surface area (Å²) in [6, 6.07) is 4.99. The number of nitriles is 1. The minimum Gasteiger partial charge on any atom is -0.482 e. The van der Waals surface area contributed by atoms with Gasteiger partial charge in [-0.1, -0.05) is 0 Å². The molecule has 84 valence electrons. The number of amides is 1. The fourth-order valence-corrected chi connectivity index (χ4v) is 0.928. The number of nitrogens with one attached hydrogen (secondary N) is 1. The van der Waals surface area contributed by atoms with E-state index < -0.39 is 0 Å². The highest BCUT2D eigenvalue weighted by atomic mass is 16.5. The minimum absolute atomic E-state index is 0.0378. The molecule has 0 spiro atoms. The number of ether oxygens (including phenoxy) is 1. The number of hydrogen-bond acceptors (Lipinski definition) is 5. The summed E-state index contributed by atoms with van der Waals surface area (Å²) in [4.78, 5) is 14.9. The first kappa shape index (κ1) is 11.9. The average molecular weight is 221 g/mol. The maximum Gasteiger partial charge on any atom is 0.258 e. The molecule has 0 atom stereocenters. The molecule has 0 aliphatic heterocycles. The van der Waals surface area contributed by atoms with Gasteiger partial charge in [0, 0.05) is 0 Å². The number of aromatic nitrogens is 1. The predicted molar refractivity (Wildman–Crippen MR) is 54.3 cm³/mol. The Hall–Kier alpha value is -2.13. The molecule has 0 aliphatic rings. The van der Waals surface area contributed by atoms with Crippen molar-refractivity contribution >= 4 is 5.91 Å². The summed E-state index contributed by atoms with van der Waals surface area (Å²) in [7, 11) is 0. The van der Waals surface area contributed by atoms with E-state index in [0.717, 1.165) is 0 Å². The molecule has 0 radical (unpaired) electrons. The monoisotopic (exact) mass is 221 g/mol. The van der Waals surface area contributed by atoms with Crippen molar-refractivity contribution in [2.45, 2.75) is 6.61 Å². The first-order valence-electron chi connectivity index (χ1n) is 4.58. The number of aliphatic hydroxyl groups is 1. The molecule has 6 heteroatoms. The van der Waals surface area contributed by atoms with Gasteiger partial charge in [-0.2, -0.15) is 5.26 Å². The Morgan fingerprint density at radius 2 is 2.44 bits per heavy atom. The zero-order chi connectivity index (χ0) is 11.8. The maximum absolute atomic E-state index is 11.1. The molecule has 0 bridgehead atoms. The van der Waals surface area contributed by atoms with Gasteiger partial charge >= 0.3 is 0 Å². The molecule has 1 rings (SSSR count). The van der Waals surface area contributed by atoms with Crippen molar-refractivity contribution in [1.82, 2.24) is 10.3 Å². The Bertz CT molecular complexity index is 383. The Kier molecular flexibility index (Phi) is 4.76. The van der Waals surface area contributed by atoms with E-state index in [1.54, 1.807) is 18.2 Å². The van der Waals surface area contributed by atoms with E-state index in [1.165, 1.54) is 6.20 Å². The fraction of sp³-hybridized carbons (Fsp3) is 0.300. The smallest absolute Gasteiger partial charge is 0.258 e. The number of pyridine rings is 1. The molecule has 0 aromatic carbocycles. The lowest BCUT2D eigenvalue weighted by Crippen LogP contribution is -2.29. The highest BCUT2D eigenvalue weighted by molar-refractivity contribution is 5.77. The highest BCUT2D eigenvalue weighted by Gasteiger charge is 2.01. The summed E-state index contributed by atoms with van der Waals surface area (Å²) < 4.78 is 5.10. The van der Waals surface area contributed by atoms with Gasteiger partial charge in [0.1, 0.15) is 12.3 Å². The van der Waals surface area contributed by atoms with Crippen LogP contribution >= 0.6 is 0 Å². The molecule has 16 heavy (non-hydrogen) atoms. The topological polar surface area (TPSA) is 95.2 Å². The minimum atomic E-state index is -0.368. The molecule has 0 saturated carbocycles. The van der Waals surface area contributed by atoms with Crippen LogP contribution in [0.25, 0.3) is 0 Å². The fourth-order valence-electron chi connectivity index (χ4n) is 0.928. The molecule has 6 nitrogen and oxygen atoms in total. The number of nitrogens with zero attached hydrogens (tertiary/aromatic N) is 2. The lowest BCUT2D eigenvalue weighted by Gasteiger charge is -2.05. The van der Waals surface area contributed by atoms with Crippen LogP contribution in [-0.2, 0) is 11.4 Å². The van der Waals surface area contributed by atoms with E-state index in [0.29, 0.717) is 11.4 Å². The molecule has 1 heterocycles. The van der Waals surface area contributed by atoms with Gasteiger partial charge in [0.25, 0.3) is 5.91 Å². The molecule has 1 aromatic rings. The number of rotatable bonds is 5. The largest absolute Gasteiger partial charge is 0.482 e. The van der Waals surface area contributed by atoms with Gasteiger partial charge in [-0.3, -0.25) is 9.78 Å². The summed E-state index contributed by atoms with van der Waals surface area (Å²) in [5.41, 5.74) is 0.529. The van der Waals surface area contributed by atoms with Crippen molar-refractivity contribution in [3.8, 4) is 11.8 Å². The lowest BCUT2D eigenvalue weighted by atomic mass is 10.3. The average Bonchev–Trinajstić information content (AvgIpc) is 2.34. The first-order chi connectivity index (χ1) is 7.76. The molecule has 0 saturated heterocycles. The summed E-state index contributed by atoms with van der Waals surface area (Å²) in [6.45, 7) is -0.339. The van der Waals surface area contributed by atoms with Gasteiger partial charge in [0.2, 0.25) is 0 Å². The van der Waals surface area contributed by atoms with Crippen LogP contribution in [0.1, 0.15) is 5.69 Å². The SMILES string of the molecule is N#CCNC(=O)COc1ccc(CO)nc1. The molecular weight excluding hydrogens is 210 g/mol.